The number of rotatable bonds is 9. The number of aliphatic hydroxyl groups excluding tert-OH is 1. The van der Waals surface area contributed by atoms with Gasteiger partial charge >= 0.3 is 0 Å². The highest BCUT2D eigenvalue weighted by molar-refractivity contribution is 4.72. The Balaban J connectivity index is 2.07. The van der Waals surface area contributed by atoms with E-state index in [1.807, 2.05) is 0 Å². The van der Waals surface area contributed by atoms with Crippen LogP contribution in [0.25, 0.3) is 0 Å². The Kier molecular flexibility index (Phi) is 7.82. The highest BCUT2D eigenvalue weighted by Gasteiger charge is 2.24. The number of aliphatic hydroxyl groups is 1. The van der Waals surface area contributed by atoms with Crippen LogP contribution >= 0.6 is 0 Å². The van der Waals surface area contributed by atoms with Crippen LogP contribution in [0.5, 0.6) is 0 Å². The molecule has 1 N–H and O–H groups in total. The molecule has 1 saturated heterocycles. The molecule has 1 rings (SSSR count). The molecule has 0 aromatic rings. The van der Waals surface area contributed by atoms with Crippen LogP contribution in [-0.4, -0.2) is 37.6 Å². The third-order valence-corrected chi connectivity index (χ3v) is 3.69. The highest BCUT2D eigenvalue weighted by Crippen LogP contribution is 2.18. The van der Waals surface area contributed by atoms with Crippen LogP contribution in [0, 0.1) is 11.8 Å². The van der Waals surface area contributed by atoms with Crippen molar-refractivity contribution in [2.75, 3.05) is 26.4 Å². The van der Waals surface area contributed by atoms with Crippen LogP contribution in [0.3, 0.4) is 0 Å². The Morgan fingerprint density at radius 2 is 2.18 bits per heavy atom. The van der Waals surface area contributed by atoms with E-state index in [4.69, 9.17) is 9.47 Å². The highest BCUT2D eigenvalue weighted by atomic mass is 16.5. The van der Waals surface area contributed by atoms with Gasteiger partial charge in [-0.15, -0.1) is 0 Å². The first-order valence-corrected chi connectivity index (χ1v) is 7.11. The summed E-state index contributed by atoms with van der Waals surface area (Å²) in [5, 5.41) is 9.91. The van der Waals surface area contributed by atoms with Gasteiger partial charge in [0.25, 0.3) is 0 Å². The third kappa shape index (κ3) is 5.84. The summed E-state index contributed by atoms with van der Waals surface area (Å²) in [7, 11) is 0. The number of hydrogen-bond donors (Lipinski definition) is 1. The minimum atomic E-state index is -0.346. The van der Waals surface area contributed by atoms with Gasteiger partial charge in [0, 0.05) is 19.1 Å². The smallest absolute Gasteiger partial charge is 0.0824 e. The molecule has 1 aliphatic heterocycles. The van der Waals surface area contributed by atoms with Crippen LogP contribution in [0.2, 0.25) is 0 Å². The third-order valence-electron chi connectivity index (χ3n) is 3.69. The molecule has 1 heterocycles. The molecule has 0 bridgehead atoms. The summed E-state index contributed by atoms with van der Waals surface area (Å²) < 4.78 is 10.9. The molecule has 0 saturated carbocycles. The molecule has 1 aliphatic rings. The molecule has 3 heteroatoms. The van der Waals surface area contributed by atoms with Gasteiger partial charge in [0.2, 0.25) is 0 Å². The Morgan fingerprint density at radius 1 is 1.35 bits per heavy atom. The second kappa shape index (κ2) is 8.90. The van der Waals surface area contributed by atoms with Crippen LogP contribution in [0.1, 0.15) is 46.0 Å². The summed E-state index contributed by atoms with van der Waals surface area (Å²) in [6.45, 7) is 7.17. The minimum absolute atomic E-state index is 0.283. The molecule has 0 radical (unpaired) electrons. The Morgan fingerprint density at radius 3 is 2.76 bits per heavy atom. The van der Waals surface area contributed by atoms with Crippen molar-refractivity contribution >= 4 is 0 Å². The molecular weight excluding hydrogens is 216 g/mol. The maximum Gasteiger partial charge on any atom is 0.0824 e. The van der Waals surface area contributed by atoms with Crippen LogP contribution in [-0.2, 0) is 9.47 Å². The quantitative estimate of drug-likeness (QED) is 0.677. The standard InChI is InChI=1S/C14H28O3/c1-3-5-6-12(4-2)9-17-11-14(15)13-7-8-16-10-13/h12-15H,3-11H2,1-2H3. The van der Waals surface area contributed by atoms with Crippen molar-refractivity contribution in [3.8, 4) is 0 Å². The predicted molar refractivity (Wildman–Crippen MR) is 69.1 cm³/mol. The van der Waals surface area contributed by atoms with Crippen molar-refractivity contribution in [3.05, 3.63) is 0 Å². The van der Waals surface area contributed by atoms with Crippen molar-refractivity contribution in [3.63, 3.8) is 0 Å². The number of hydrogen-bond acceptors (Lipinski definition) is 3. The van der Waals surface area contributed by atoms with E-state index in [1.165, 1.54) is 25.7 Å². The lowest BCUT2D eigenvalue weighted by molar-refractivity contribution is -0.00999. The molecule has 0 aromatic carbocycles. The van der Waals surface area contributed by atoms with Gasteiger partial charge in [0.1, 0.15) is 0 Å². The van der Waals surface area contributed by atoms with E-state index in [1.54, 1.807) is 0 Å². The molecule has 0 aliphatic carbocycles. The fourth-order valence-corrected chi connectivity index (χ4v) is 2.25. The number of ether oxygens (including phenoxy) is 2. The maximum absolute atomic E-state index is 9.91. The average molecular weight is 244 g/mol. The van der Waals surface area contributed by atoms with Gasteiger partial charge in [-0.1, -0.05) is 33.1 Å². The fourth-order valence-electron chi connectivity index (χ4n) is 2.25. The number of unbranched alkanes of at least 4 members (excludes halogenated alkanes) is 1. The molecule has 3 unspecified atom stereocenters. The van der Waals surface area contributed by atoms with E-state index >= 15 is 0 Å². The second-order valence-corrected chi connectivity index (χ2v) is 5.14. The summed E-state index contributed by atoms with van der Waals surface area (Å²) in [5.74, 6) is 0.938. The van der Waals surface area contributed by atoms with E-state index in [0.29, 0.717) is 19.1 Å². The molecular formula is C14H28O3. The maximum atomic E-state index is 9.91. The lowest BCUT2D eigenvalue weighted by Gasteiger charge is -2.19. The molecule has 3 atom stereocenters. The van der Waals surface area contributed by atoms with Gasteiger partial charge in [-0.3, -0.25) is 0 Å². The Labute approximate surface area is 105 Å². The van der Waals surface area contributed by atoms with E-state index in [0.717, 1.165) is 19.6 Å². The molecule has 0 aromatic heterocycles. The van der Waals surface area contributed by atoms with Gasteiger partial charge in [-0.2, -0.15) is 0 Å². The van der Waals surface area contributed by atoms with E-state index in [2.05, 4.69) is 13.8 Å². The van der Waals surface area contributed by atoms with Crippen molar-refractivity contribution in [1.82, 2.24) is 0 Å². The molecule has 1 fully saturated rings. The van der Waals surface area contributed by atoms with Crippen molar-refractivity contribution < 1.29 is 14.6 Å². The lowest BCUT2D eigenvalue weighted by Crippen LogP contribution is -2.27. The predicted octanol–water partition coefficient (Wildman–Crippen LogP) is 2.62. The average Bonchev–Trinajstić information content (AvgIpc) is 2.87. The van der Waals surface area contributed by atoms with Crippen LogP contribution in [0.4, 0.5) is 0 Å². The van der Waals surface area contributed by atoms with Gasteiger partial charge in [0.15, 0.2) is 0 Å². The largest absolute Gasteiger partial charge is 0.390 e. The Bertz CT molecular complexity index is 178. The SMILES string of the molecule is CCCCC(CC)COCC(O)C1CCOC1. The first-order chi connectivity index (χ1) is 8.27. The molecule has 0 spiro atoms. The van der Waals surface area contributed by atoms with E-state index in [9.17, 15) is 5.11 Å². The summed E-state index contributed by atoms with van der Waals surface area (Å²) >= 11 is 0. The zero-order valence-electron chi connectivity index (χ0n) is 11.4. The fraction of sp³-hybridized carbons (Fsp3) is 1.00. The first-order valence-electron chi connectivity index (χ1n) is 7.11. The summed E-state index contributed by atoms with van der Waals surface area (Å²) in [5.41, 5.74) is 0. The monoisotopic (exact) mass is 244 g/mol. The summed E-state index contributed by atoms with van der Waals surface area (Å²) in [6.07, 6.45) is 5.57. The molecule has 17 heavy (non-hydrogen) atoms. The van der Waals surface area contributed by atoms with Crippen molar-refractivity contribution in [2.45, 2.75) is 52.1 Å². The second-order valence-electron chi connectivity index (χ2n) is 5.14. The van der Waals surface area contributed by atoms with Gasteiger partial charge in [-0.05, 0) is 18.8 Å². The zero-order valence-corrected chi connectivity index (χ0v) is 11.4. The topological polar surface area (TPSA) is 38.7 Å². The van der Waals surface area contributed by atoms with Crippen LogP contribution < -0.4 is 0 Å². The van der Waals surface area contributed by atoms with Crippen LogP contribution in [0.15, 0.2) is 0 Å². The zero-order chi connectivity index (χ0) is 12.5. The first kappa shape index (κ1) is 14.9. The normalized spacial score (nSPS) is 23.8. The van der Waals surface area contributed by atoms with Gasteiger partial charge in [-0.25, -0.2) is 0 Å². The van der Waals surface area contributed by atoms with Crippen molar-refractivity contribution in [1.29, 1.82) is 0 Å². The molecule has 3 nitrogen and oxygen atoms in total. The molecule has 102 valence electrons. The summed E-state index contributed by atoms with van der Waals surface area (Å²) in [6, 6.07) is 0. The van der Waals surface area contributed by atoms with E-state index < -0.39 is 0 Å². The minimum Gasteiger partial charge on any atom is -0.390 e. The Hall–Kier alpha value is -0.120. The van der Waals surface area contributed by atoms with Gasteiger partial charge in [0.05, 0.1) is 19.3 Å². The molecule has 0 amide bonds. The van der Waals surface area contributed by atoms with Gasteiger partial charge < -0.3 is 14.6 Å². The lowest BCUT2D eigenvalue weighted by atomic mass is 10.00. The summed E-state index contributed by atoms with van der Waals surface area (Å²) in [4.78, 5) is 0. The van der Waals surface area contributed by atoms with Crippen molar-refractivity contribution in [2.24, 2.45) is 11.8 Å². The van der Waals surface area contributed by atoms with E-state index in [-0.39, 0.29) is 12.0 Å².